The molecule has 0 aliphatic heterocycles. The van der Waals surface area contributed by atoms with Crippen LogP contribution in [-0.4, -0.2) is 24.9 Å². The summed E-state index contributed by atoms with van der Waals surface area (Å²) in [4.78, 5) is 0. The molecule has 0 unspecified atom stereocenters. The minimum atomic E-state index is 0.151. The molecule has 1 N–H and O–H groups in total. The summed E-state index contributed by atoms with van der Waals surface area (Å²) < 4.78 is 5.24. The van der Waals surface area contributed by atoms with Crippen LogP contribution >= 0.6 is 0 Å². The Morgan fingerprint density at radius 3 is 1.32 bits per heavy atom. The van der Waals surface area contributed by atoms with Crippen LogP contribution in [-0.2, 0) is 4.74 Å². The third-order valence-electron chi connectivity index (χ3n) is 3.88. The minimum absolute atomic E-state index is 0.151. The van der Waals surface area contributed by atoms with Gasteiger partial charge >= 0.3 is 0 Å². The Morgan fingerprint density at radius 1 is 0.591 bits per heavy atom. The summed E-state index contributed by atoms with van der Waals surface area (Å²) >= 11 is 0. The molecule has 0 aromatic rings. The first kappa shape index (κ1) is 23.9. The maximum Gasteiger partial charge on any atom is 0.0697 e. The van der Waals surface area contributed by atoms with Gasteiger partial charge in [0.05, 0.1) is 13.2 Å². The Labute approximate surface area is 140 Å². The van der Waals surface area contributed by atoms with E-state index in [1.807, 2.05) is 0 Å². The van der Waals surface area contributed by atoms with Gasteiger partial charge in [-0.15, -0.1) is 13.2 Å². The Hall–Kier alpha value is -0.340. The van der Waals surface area contributed by atoms with Gasteiger partial charge in [0, 0.05) is 6.61 Å². The molecule has 0 saturated carbocycles. The predicted molar refractivity (Wildman–Crippen MR) is 99.5 cm³/mol. The summed E-state index contributed by atoms with van der Waals surface area (Å²) in [5.41, 5.74) is 0. The molecule has 0 spiro atoms. The van der Waals surface area contributed by atoms with E-state index in [-0.39, 0.29) is 6.61 Å². The summed E-state index contributed by atoms with van der Waals surface area (Å²) in [6, 6.07) is 0. The Kier molecular flexibility index (Phi) is 27.8. The van der Waals surface area contributed by atoms with Crippen molar-refractivity contribution >= 4 is 0 Å². The van der Waals surface area contributed by atoms with Crippen LogP contribution in [0.1, 0.15) is 96.8 Å². The van der Waals surface area contributed by atoms with Gasteiger partial charge in [-0.25, -0.2) is 0 Å². The smallest absolute Gasteiger partial charge is 0.0697 e. The standard InChI is InChI=1S/C18H38O2.C2H4/c1-2-3-4-5-6-7-8-9-10-11-12-13-14-15-17-20-18-16-19;1-2/h19H,2-18H2,1H3;1-2H2. The van der Waals surface area contributed by atoms with E-state index < -0.39 is 0 Å². The van der Waals surface area contributed by atoms with Crippen molar-refractivity contribution in [1.82, 2.24) is 0 Å². The zero-order chi connectivity index (χ0) is 16.7. The molecule has 0 aromatic heterocycles. The third-order valence-corrected chi connectivity index (χ3v) is 3.88. The quantitative estimate of drug-likeness (QED) is 0.253. The molecule has 0 amide bonds. The average molecular weight is 315 g/mol. The molecule has 2 heteroatoms. The second kappa shape index (κ2) is 25.6. The largest absolute Gasteiger partial charge is 0.394 e. The van der Waals surface area contributed by atoms with Crippen molar-refractivity contribution in [1.29, 1.82) is 0 Å². The molecule has 0 atom stereocenters. The highest BCUT2D eigenvalue weighted by Crippen LogP contribution is 2.12. The summed E-state index contributed by atoms with van der Waals surface area (Å²) in [7, 11) is 0. The maximum absolute atomic E-state index is 8.56. The molecule has 0 saturated heterocycles. The topological polar surface area (TPSA) is 29.5 Å². The highest BCUT2D eigenvalue weighted by Gasteiger charge is 1.94. The van der Waals surface area contributed by atoms with E-state index in [1.54, 1.807) is 0 Å². The number of rotatable bonds is 17. The molecule has 0 bridgehead atoms. The Bertz CT molecular complexity index is 153. The molecule has 22 heavy (non-hydrogen) atoms. The highest BCUT2D eigenvalue weighted by atomic mass is 16.5. The van der Waals surface area contributed by atoms with Crippen molar-refractivity contribution in [3.8, 4) is 0 Å². The lowest BCUT2D eigenvalue weighted by Gasteiger charge is -2.03. The van der Waals surface area contributed by atoms with Crippen LogP contribution in [0.5, 0.6) is 0 Å². The van der Waals surface area contributed by atoms with Gasteiger partial charge in [0.2, 0.25) is 0 Å². The van der Waals surface area contributed by atoms with Crippen LogP contribution in [0.3, 0.4) is 0 Å². The molecule has 0 rings (SSSR count). The number of unbranched alkanes of at least 4 members (excludes halogenated alkanes) is 13. The lowest BCUT2D eigenvalue weighted by atomic mass is 10.0. The van der Waals surface area contributed by atoms with Gasteiger partial charge in [0.25, 0.3) is 0 Å². The molecular formula is C20H42O2. The Balaban J connectivity index is 0. The molecule has 2 nitrogen and oxygen atoms in total. The Morgan fingerprint density at radius 2 is 0.955 bits per heavy atom. The fourth-order valence-corrected chi connectivity index (χ4v) is 2.57. The highest BCUT2D eigenvalue weighted by molar-refractivity contribution is 4.49. The fourth-order valence-electron chi connectivity index (χ4n) is 2.57. The third kappa shape index (κ3) is 24.7. The first-order valence-electron chi connectivity index (χ1n) is 9.60. The van der Waals surface area contributed by atoms with Crippen LogP contribution in [0.2, 0.25) is 0 Å². The fraction of sp³-hybridized carbons (Fsp3) is 0.900. The van der Waals surface area contributed by atoms with Gasteiger partial charge in [-0.2, -0.15) is 0 Å². The first-order valence-corrected chi connectivity index (χ1v) is 9.60. The van der Waals surface area contributed by atoms with Crippen molar-refractivity contribution < 1.29 is 9.84 Å². The molecule has 0 radical (unpaired) electrons. The van der Waals surface area contributed by atoms with E-state index in [0.717, 1.165) is 13.0 Å². The number of hydrogen-bond acceptors (Lipinski definition) is 2. The summed E-state index contributed by atoms with van der Waals surface area (Å²) in [6.07, 6.45) is 19.5. The molecule has 134 valence electrons. The second-order valence-corrected chi connectivity index (χ2v) is 5.93. The van der Waals surface area contributed by atoms with Crippen molar-refractivity contribution in [3.63, 3.8) is 0 Å². The monoisotopic (exact) mass is 314 g/mol. The van der Waals surface area contributed by atoms with E-state index in [2.05, 4.69) is 20.1 Å². The summed E-state index contributed by atoms with van der Waals surface area (Å²) in [5.74, 6) is 0. The van der Waals surface area contributed by atoms with Gasteiger partial charge in [-0.3, -0.25) is 0 Å². The van der Waals surface area contributed by atoms with Crippen LogP contribution in [0.15, 0.2) is 13.2 Å². The molecule has 0 fully saturated rings. The molecular weight excluding hydrogens is 272 g/mol. The maximum atomic E-state index is 8.56. The summed E-state index contributed by atoms with van der Waals surface area (Å²) in [6.45, 7) is 9.75. The molecule has 0 aliphatic carbocycles. The zero-order valence-corrected chi connectivity index (χ0v) is 15.3. The number of ether oxygens (including phenoxy) is 1. The van der Waals surface area contributed by atoms with Gasteiger partial charge in [-0.1, -0.05) is 90.4 Å². The molecule has 0 heterocycles. The lowest BCUT2D eigenvalue weighted by Crippen LogP contribution is -2.00. The van der Waals surface area contributed by atoms with Crippen molar-refractivity contribution in [2.75, 3.05) is 19.8 Å². The number of aliphatic hydroxyl groups is 1. The van der Waals surface area contributed by atoms with E-state index in [0.29, 0.717) is 6.61 Å². The normalized spacial score (nSPS) is 10.3. The van der Waals surface area contributed by atoms with E-state index in [1.165, 1.54) is 83.5 Å². The molecule has 0 aliphatic rings. The average Bonchev–Trinajstić information content (AvgIpc) is 2.56. The van der Waals surface area contributed by atoms with Crippen LogP contribution in [0.25, 0.3) is 0 Å². The minimum Gasteiger partial charge on any atom is -0.394 e. The van der Waals surface area contributed by atoms with Gasteiger partial charge in [0.15, 0.2) is 0 Å². The number of aliphatic hydroxyl groups excluding tert-OH is 1. The number of hydrogen-bond donors (Lipinski definition) is 1. The first-order chi connectivity index (χ1) is 10.9. The van der Waals surface area contributed by atoms with Crippen molar-refractivity contribution in [3.05, 3.63) is 13.2 Å². The van der Waals surface area contributed by atoms with Crippen molar-refractivity contribution in [2.24, 2.45) is 0 Å². The zero-order valence-electron chi connectivity index (χ0n) is 15.3. The summed E-state index contributed by atoms with van der Waals surface area (Å²) in [5, 5.41) is 8.56. The van der Waals surface area contributed by atoms with Crippen molar-refractivity contribution in [2.45, 2.75) is 96.8 Å². The van der Waals surface area contributed by atoms with E-state index >= 15 is 0 Å². The van der Waals surface area contributed by atoms with E-state index in [4.69, 9.17) is 9.84 Å². The van der Waals surface area contributed by atoms with Gasteiger partial charge < -0.3 is 9.84 Å². The van der Waals surface area contributed by atoms with Gasteiger partial charge in [-0.05, 0) is 6.42 Å². The van der Waals surface area contributed by atoms with Crippen LogP contribution < -0.4 is 0 Å². The molecule has 0 aromatic carbocycles. The predicted octanol–water partition coefficient (Wildman–Crippen LogP) is 6.28. The van der Waals surface area contributed by atoms with Gasteiger partial charge in [0.1, 0.15) is 0 Å². The second-order valence-electron chi connectivity index (χ2n) is 5.93. The van der Waals surface area contributed by atoms with Crippen LogP contribution in [0, 0.1) is 0 Å². The SMILES string of the molecule is C=C.CCCCCCCCCCCCCCCCOCCO. The van der Waals surface area contributed by atoms with Crippen LogP contribution in [0.4, 0.5) is 0 Å². The van der Waals surface area contributed by atoms with E-state index in [9.17, 15) is 0 Å². The lowest BCUT2D eigenvalue weighted by molar-refractivity contribution is 0.0895.